The highest BCUT2D eigenvalue weighted by atomic mass is 16.5. The molecule has 0 spiro atoms. The summed E-state index contributed by atoms with van der Waals surface area (Å²) >= 11 is 0. The molecule has 0 radical (unpaired) electrons. The Morgan fingerprint density at radius 1 is 1.11 bits per heavy atom. The number of tetrazole rings is 1. The second-order valence-electron chi connectivity index (χ2n) is 11.8. The summed E-state index contributed by atoms with van der Waals surface area (Å²) in [4.78, 5) is 23.9. The Hall–Kier alpha value is -2.81. The van der Waals surface area contributed by atoms with E-state index >= 15 is 0 Å². The number of nitrogens with zero attached hydrogens (tertiary/aromatic N) is 4. The van der Waals surface area contributed by atoms with Gasteiger partial charge >= 0.3 is 11.9 Å². The average Bonchev–Trinajstić information content (AvgIpc) is 3.31. The van der Waals surface area contributed by atoms with E-state index in [2.05, 4.69) is 55.5 Å². The molecule has 0 bridgehead atoms. The molecule has 9 heteroatoms. The Morgan fingerprint density at radius 3 is 2.31 bits per heavy atom. The Kier molecular flexibility index (Phi) is 8.87. The number of carboxylic acids is 1. The molecule has 2 aromatic rings. The van der Waals surface area contributed by atoms with Gasteiger partial charge in [-0.15, -0.1) is 5.10 Å². The molecule has 3 rings (SSSR count). The van der Waals surface area contributed by atoms with Crippen LogP contribution in [-0.2, 0) is 15.1 Å². The van der Waals surface area contributed by atoms with Crippen LogP contribution in [0, 0.1) is 11.3 Å². The second-order valence-corrected chi connectivity index (χ2v) is 11.8. The van der Waals surface area contributed by atoms with Gasteiger partial charge in [0.2, 0.25) is 0 Å². The summed E-state index contributed by atoms with van der Waals surface area (Å²) in [5.74, 6) is -0.349. The number of methoxy groups -OCH3 is 1. The van der Waals surface area contributed by atoms with Crippen LogP contribution < -0.4 is 5.32 Å². The third-order valence-electron chi connectivity index (χ3n) is 6.95. The molecule has 1 aliphatic rings. The summed E-state index contributed by atoms with van der Waals surface area (Å²) in [6, 6.07) is 6.48. The molecular formula is C27H41N5O4. The molecule has 1 aromatic heterocycles. The molecule has 1 fully saturated rings. The minimum atomic E-state index is -0.828. The van der Waals surface area contributed by atoms with Crippen LogP contribution in [0.4, 0.5) is 0 Å². The third-order valence-corrected chi connectivity index (χ3v) is 6.95. The number of benzene rings is 1. The summed E-state index contributed by atoms with van der Waals surface area (Å²) in [6.07, 6.45) is 6.27. The molecule has 1 heterocycles. The van der Waals surface area contributed by atoms with Crippen LogP contribution >= 0.6 is 0 Å². The summed E-state index contributed by atoms with van der Waals surface area (Å²) in [5, 5.41) is 26.2. The van der Waals surface area contributed by atoms with Gasteiger partial charge in [-0.25, -0.2) is 9.48 Å². The normalized spacial score (nSPS) is 16.9. The number of carbonyl (C=O) groups is 2. The maximum absolute atomic E-state index is 12.0. The van der Waals surface area contributed by atoms with Crippen molar-refractivity contribution in [1.82, 2.24) is 25.5 Å². The van der Waals surface area contributed by atoms with Crippen molar-refractivity contribution in [3.05, 3.63) is 41.2 Å². The second kappa shape index (κ2) is 11.5. The van der Waals surface area contributed by atoms with Gasteiger partial charge in [0.15, 0.2) is 5.82 Å². The van der Waals surface area contributed by atoms with Crippen molar-refractivity contribution in [2.24, 2.45) is 11.3 Å². The maximum Gasteiger partial charge on any atom is 0.337 e. The molecule has 1 aromatic carbocycles. The van der Waals surface area contributed by atoms with Gasteiger partial charge < -0.3 is 9.84 Å². The zero-order chi connectivity index (χ0) is 26.5. The van der Waals surface area contributed by atoms with Crippen LogP contribution in [0.15, 0.2) is 24.3 Å². The zero-order valence-corrected chi connectivity index (χ0v) is 22.5. The van der Waals surface area contributed by atoms with Crippen LogP contribution in [0.1, 0.15) is 107 Å². The van der Waals surface area contributed by atoms with Gasteiger partial charge in [-0.3, -0.25) is 10.1 Å². The van der Waals surface area contributed by atoms with E-state index in [0.29, 0.717) is 11.4 Å². The Labute approximate surface area is 214 Å². The number of hydrogen-bond donors (Lipinski definition) is 2. The quantitative estimate of drug-likeness (QED) is 0.450. The van der Waals surface area contributed by atoms with Crippen LogP contribution in [0.25, 0.3) is 0 Å². The molecular weight excluding hydrogens is 458 g/mol. The predicted molar refractivity (Wildman–Crippen MR) is 137 cm³/mol. The molecule has 0 saturated heterocycles. The summed E-state index contributed by atoms with van der Waals surface area (Å²) < 4.78 is 6.71. The molecule has 0 aliphatic heterocycles. The molecule has 9 nitrogen and oxygen atoms in total. The first-order chi connectivity index (χ1) is 16.9. The molecule has 1 aliphatic carbocycles. The summed E-state index contributed by atoms with van der Waals surface area (Å²) in [7, 11) is 1.35. The molecule has 198 valence electrons. The highest BCUT2D eigenvalue weighted by Crippen LogP contribution is 2.35. The van der Waals surface area contributed by atoms with E-state index in [1.54, 1.807) is 12.1 Å². The number of nitrogens with one attached hydrogen (secondary N) is 1. The fraction of sp³-hybridized carbons (Fsp3) is 0.667. The van der Waals surface area contributed by atoms with E-state index in [-0.39, 0.29) is 29.3 Å². The number of rotatable bonds is 10. The number of aliphatic carboxylic acids is 1. The van der Waals surface area contributed by atoms with E-state index in [4.69, 9.17) is 4.74 Å². The van der Waals surface area contributed by atoms with Crippen LogP contribution in [0.5, 0.6) is 0 Å². The number of aromatic nitrogens is 4. The smallest absolute Gasteiger partial charge is 0.337 e. The van der Waals surface area contributed by atoms with Gasteiger partial charge in [0.05, 0.1) is 30.7 Å². The minimum absolute atomic E-state index is 0.0222. The van der Waals surface area contributed by atoms with E-state index in [0.717, 1.165) is 37.7 Å². The number of ether oxygens (including phenoxy) is 1. The standard InChI is InChI=1S/C27H41N5O4/c1-26(2,3)17-27(4,5)32-24(29-30-31-32)23(19-12-14-20(15-13-19)25(35)36-6)28-21(16-22(33)34)18-10-8-7-9-11-18/h12-15,18,21,23,28H,7-11,16-17H2,1-6H3,(H,33,34). The van der Waals surface area contributed by atoms with Crippen molar-refractivity contribution < 1.29 is 19.4 Å². The van der Waals surface area contributed by atoms with Crippen molar-refractivity contribution in [2.75, 3.05) is 7.11 Å². The first kappa shape index (κ1) is 27.8. The van der Waals surface area contributed by atoms with E-state index in [1.807, 2.05) is 16.8 Å². The lowest BCUT2D eigenvalue weighted by Gasteiger charge is -2.36. The van der Waals surface area contributed by atoms with Crippen molar-refractivity contribution in [1.29, 1.82) is 0 Å². The number of esters is 1. The minimum Gasteiger partial charge on any atom is -0.481 e. The third kappa shape index (κ3) is 7.12. The van der Waals surface area contributed by atoms with Crippen molar-refractivity contribution >= 4 is 11.9 Å². The van der Waals surface area contributed by atoms with Gasteiger partial charge in [0.1, 0.15) is 0 Å². The molecule has 2 atom stereocenters. The molecule has 36 heavy (non-hydrogen) atoms. The maximum atomic E-state index is 12.0. The van der Waals surface area contributed by atoms with Gasteiger partial charge in [-0.2, -0.15) is 0 Å². The number of carbonyl (C=O) groups excluding carboxylic acids is 1. The monoisotopic (exact) mass is 499 g/mol. The van der Waals surface area contributed by atoms with Crippen molar-refractivity contribution in [3.63, 3.8) is 0 Å². The Bertz CT molecular complexity index is 1020. The Morgan fingerprint density at radius 2 is 1.75 bits per heavy atom. The lowest BCUT2D eigenvalue weighted by molar-refractivity contribution is -0.138. The Balaban J connectivity index is 2.05. The first-order valence-electron chi connectivity index (χ1n) is 12.9. The predicted octanol–water partition coefficient (Wildman–Crippen LogP) is 4.73. The lowest BCUT2D eigenvalue weighted by Crippen LogP contribution is -2.43. The highest BCUT2D eigenvalue weighted by Gasteiger charge is 2.36. The molecule has 2 N–H and O–H groups in total. The number of carboxylic acid groups (broad SMARTS) is 1. The van der Waals surface area contributed by atoms with Crippen LogP contribution in [-0.4, -0.2) is 50.4 Å². The van der Waals surface area contributed by atoms with Gasteiger partial charge in [0.25, 0.3) is 0 Å². The fourth-order valence-electron chi connectivity index (χ4n) is 5.73. The SMILES string of the molecule is COC(=O)c1ccc(C(NC(CC(=O)O)C2CCCCC2)c2nnnn2C(C)(C)CC(C)(C)C)cc1. The van der Waals surface area contributed by atoms with E-state index in [1.165, 1.54) is 13.5 Å². The lowest BCUT2D eigenvalue weighted by atomic mass is 9.81. The van der Waals surface area contributed by atoms with E-state index < -0.39 is 18.0 Å². The molecule has 0 amide bonds. The molecule has 2 unspecified atom stereocenters. The average molecular weight is 500 g/mol. The first-order valence-corrected chi connectivity index (χ1v) is 12.9. The van der Waals surface area contributed by atoms with Gasteiger partial charge in [-0.05, 0) is 72.6 Å². The van der Waals surface area contributed by atoms with Gasteiger partial charge in [0, 0.05) is 6.04 Å². The topological polar surface area (TPSA) is 119 Å². The van der Waals surface area contributed by atoms with Crippen LogP contribution in [0.2, 0.25) is 0 Å². The highest BCUT2D eigenvalue weighted by molar-refractivity contribution is 5.89. The zero-order valence-electron chi connectivity index (χ0n) is 22.5. The van der Waals surface area contributed by atoms with Crippen LogP contribution in [0.3, 0.4) is 0 Å². The fourth-order valence-corrected chi connectivity index (χ4v) is 5.73. The van der Waals surface area contributed by atoms with Crippen molar-refractivity contribution in [2.45, 2.75) is 97.2 Å². The summed E-state index contributed by atoms with van der Waals surface area (Å²) in [6.45, 7) is 10.8. The summed E-state index contributed by atoms with van der Waals surface area (Å²) in [5.41, 5.74) is 0.973. The number of hydrogen-bond acceptors (Lipinski definition) is 7. The van der Waals surface area contributed by atoms with Crippen molar-refractivity contribution in [3.8, 4) is 0 Å². The van der Waals surface area contributed by atoms with Gasteiger partial charge in [-0.1, -0.05) is 52.2 Å². The van der Waals surface area contributed by atoms with E-state index in [9.17, 15) is 14.7 Å². The largest absolute Gasteiger partial charge is 0.481 e. The molecule has 1 saturated carbocycles.